The predicted octanol–water partition coefficient (Wildman–Crippen LogP) is 4.70. The molecule has 0 spiro atoms. The van der Waals surface area contributed by atoms with Gasteiger partial charge in [0.05, 0.1) is 32.0 Å². The second kappa shape index (κ2) is 8.01. The predicted molar refractivity (Wildman–Crippen MR) is 104 cm³/mol. The van der Waals surface area contributed by atoms with E-state index in [0.29, 0.717) is 10.7 Å². The van der Waals surface area contributed by atoms with Gasteiger partial charge in [-0.25, -0.2) is 8.42 Å². The quantitative estimate of drug-likeness (QED) is 0.730. The van der Waals surface area contributed by atoms with Crippen LogP contribution in [0.25, 0.3) is 0 Å². The van der Waals surface area contributed by atoms with E-state index < -0.39 is 22.5 Å². The van der Waals surface area contributed by atoms with Gasteiger partial charge < -0.3 is 5.32 Å². The van der Waals surface area contributed by atoms with E-state index in [4.69, 9.17) is 46.4 Å². The first-order valence-corrected chi connectivity index (χ1v) is 10.1. The molecule has 2 aromatic carbocycles. The Morgan fingerprint density at radius 2 is 1.52 bits per heavy atom. The van der Waals surface area contributed by atoms with Crippen LogP contribution in [0.5, 0.6) is 0 Å². The maximum Gasteiger partial charge on any atom is 0.245 e. The van der Waals surface area contributed by atoms with Crippen LogP contribution in [0.1, 0.15) is 0 Å². The zero-order valence-electron chi connectivity index (χ0n) is 12.8. The topological polar surface area (TPSA) is 66.5 Å². The maximum absolute atomic E-state index is 12.2. The average molecular weight is 442 g/mol. The fourth-order valence-electron chi connectivity index (χ4n) is 1.95. The van der Waals surface area contributed by atoms with Crippen molar-refractivity contribution >= 4 is 73.7 Å². The van der Waals surface area contributed by atoms with Crippen LogP contribution in [0.4, 0.5) is 11.4 Å². The fraction of sp³-hybridized carbons (Fsp3) is 0.133. The van der Waals surface area contributed by atoms with E-state index in [2.05, 4.69) is 5.32 Å². The number of nitrogens with zero attached hydrogens (tertiary/aromatic N) is 1. The summed E-state index contributed by atoms with van der Waals surface area (Å²) >= 11 is 23.5. The van der Waals surface area contributed by atoms with E-state index in [-0.39, 0.29) is 20.8 Å². The Bertz CT molecular complexity index is 919. The van der Waals surface area contributed by atoms with Crippen LogP contribution in [0.3, 0.4) is 0 Å². The highest BCUT2D eigenvalue weighted by molar-refractivity contribution is 7.92. The minimum absolute atomic E-state index is 0.178. The molecule has 0 saturated carbocycles. The molecule has 0 aliphatic heterocycles. The molecule has 10 heteroatoms. The van der Waals surface area contributed by atoms with Crippen molar-refractivity contribution in [3.63, 3.8) is 0 Å². The number of hydrogen-bond donors (Lipinski definition) is 1. The number of nitrogens with one attached hydrogen (secondary N) is 1. The molecule has 2 aromatic rings. The van der Waals surface area contributed by atoms with Crippen LogP contribution in [0.15, 0.2) is 36.4 Å². The summed E-state index contributed by atoms with van der Waals surface area (Å²) in [4.78, 5) is 12.2. The second-order valence-corrected chi connectivity index (χ2v) is 8.58. The van der Waals surface area contributed by atoms with Crippen LogP contribution in [-0.4, -0.2) is 27.1 Å². The molecule has 0 atom stereocenters. The number of halogens is 4. The summed E-state index contributed by atoms with van der Waals surface area (Å²) in [5, 5.41) is 3.62. The smallest absolute Gasteiger partial charge is 0.245 e. The number of sulfonamides is 1. The highest BCUT2D eigenvalue weighted by atomic mass is 35.5. The van der Waals surface area contributed by atoms with E-state index in [1.54, 1.807) is 6.07 Å². The highest BCUT2D eigenvalue weighted by Gasteiger charge is 2.21. The van der Waals surface area contributed by atoms with Gasteiger partial charge >= 0.3 is 0 Å². The van der Waals surface area contributed by atoms with E-state index in [9.17, 15) is 13.2 Å². The largest absolute Gasteiger partial charge is 0.324 e. The van der Waals surface area contributed by atoms with Crippen LogP contribution in [0.2, 0.25) is 20.1 Å². The van der Waals surface area contributed by atoms with Crippen molar-refractivity contribution in [2.75, 3.05) is 22.4 Å². The number of hydrogen-bond acceptors (Lipinski definition) is 3. The Balaban J connectivity index is 2.23. The van der Waals surface area contributed by atoms with E-state index in [0.717, 1.165) is 10.6 Å². The Morgan fingerprint density at radius 3 is 2.04 bits per heavy atom. The third-order valence-corrected chi connectivity index (χ3v) is 5.70. The molecule has 1 N–H and O–H groups in total. The molecule has 5 nitrogen and oxygen atoms in total. The summed E-state index contributed by atoms with van der Waals surface area (Å²) in [6, 6.07) is 8.82. The van der Waals surface area contributed by atoms with Crippen molar-refractivity contribution in [1.82, 2.24) is 0 Å². The third-order valence-electron chi connectivity index (χ3n) is 3.08. The molecule has 25 heavy (non-hydrogen) atoms. The summed E-state index contributed by atoms with van der Waals surface area (Å²) < 4.78 is 25.0. The summed E-state index contributed by atoms with van der Waals surface area (Å²) in [5.41, 5.74) is 0.614. The summed E-state index contributed by atoms with van der Waals surface area (Å²) in [5.74, 6) is -0.560. The van der Waals surface area contributed by atoms with Crippen LogP contribution >= 0.6 is 46.4 Å². The number of carbonyl (C=O) groups excluding carboxylic acids is 1. The lowest BCUT2D eigenvalue weighted by Gasteiger charge is -2.22. The van der Waals surface area contributed by atoms with Gasteiger partial charge in [-0.1, -0.05) is 46.4 Å². The van der Waals surface area contributed by atoms with Gasteiger partial charge in [-0.2, -0.15) is 0 Å². The van der Waals surface area contributed by atoms with Crippen molar-refractivity contribution in [3.8, 4) is 0 Å². The molecule has 0 radical (unpaired) electrons. The second-order valence-electron chi connectivity index (χ2n) is 5.05. The minimum Gasteiger partial charge on any atom is -0.324 e. The first-order chi connectivity index (χ1) is 11.6. The van der Waals surface area contributed by atoms with Crippen molar-refractivity contribution < 1.29 is 13.2 Å². The zero-order chi connectivity index (χ0) is 18.8. The summed E-state index contributed by atoms with van der Waals surface area (Å²) in [6.45, 7) is -0.447. The first kappa shape index (κ1) is 20.1. The van der Waals surface area contributed by atoms with Gasteiger partial charge in [-0.3, -0.25) is 9.10 Å². The normalized spacial score (nSPS) is 11.2. The molecule has 0 unspecified atom stereocenters. The number of anilines is 2. The highest BCUT2D eigenvalue weighted by Crippen LogP contribution is 2.29. The monoisotopic (exact) mass is 440 g/mol. The van der Waals surface area contributed by atoms with Crippen molar-refractivity contribution in [2.45, 2.75) is 0 Å². The number of benzene rings is 2. The first-order valence-electron chi connectivity index (χ1n) is 6.75. The lowest BCUT2D eigenvalue weighted by atomic mass is 10.3. The van der Waals surface area contributed by atoms with Gasteiger partial charge in [0.2, 0.25) is 15.9 Å². The van der Waals surface area contributed by atoms with Gasteiger partial charge in [0.15, 0.2) is 0 Å². The van der Waals surface area contributed by atoms with Crippen LogP contribution < -0.4 is 9.62 Å². The number of rotatable bonds is 5. The van der Waals surface area contributed by atoms with Crippen molar-refractivity contribution in [1.29, 1.82) is 0 Å². The Hall–Kier alpha value is -1.18. The summed E-state index contributed by atoms with van der Waals surface area (Å²) in [6.07, 6.45) is 0.988. The maximum atomic E-state index is 12.2. The molecule has 2 rings (SSSR count). The molecule has 0 bridgehead atoms. The molecule has 0 saturated heterocycles. The van der Waals surface area contributed by atoms with Gasteiger partial charge in [-0.05, 0) is 36.4 Å². The Labute approximate surface area is 165 Å². The lowest BCUT2D eigenvalue weighted by Crippen LogP contribution is -2.37. The molecule has 1 amide bonds. The van der Waals surface area contributed by atoms with Gasteiger partial charge in [0.25, 0.3) is 0 Å². The molecule has 0 aliphatic rings. The lowest BCUT2D eigenvalue weighted by molar-refractivity contribution is -0.114. The Kier molecular flexibility index (Phi) is 6.45. The minimum atomic E-state index is -3.73. The van der Waals surface area contributed by atoms with Crippen molar-refractivity contribution in [2.24, 2.45) is 0 Å². The van der Waals surface area contributed by atoms with Crippen LogP contribution in [-0.2, 0) is 14.8 Å². The average Bonchev–Trinajstić information content (AvgIpc) is 2.50. The number of amides is 1. The van der Waals surface area contributed by atoms with Crippen molar-refractivity contribution in [3.05, 3.63) is 56.5 Å². The molecular weight excluding hydrogens is 430 g/mol. The molecular formula is C15H12Cl4N2O3S. The standard InChI is InChI=1S/C15H12Cl4N2O3S/c1-25(23,24)21(10-3-5-12(17)14(19)7-10)8-15(22)20-9-2-4-11(16)13(18)6-9/h2-7H,8H2,1H3,(H,20,22). The molecule has 0 heterocycles. The van der Waals surface area contributed by atoms with E-state index in [1.807, 2.05) is 0 Å². The Morgan fingerprint density at radius 1 is 0.960 bits per heavy atom. The van der Waals surface area contributed by atoms with E-state index in [1.165, 1.54) is 30.3 Å². The third kappa shape index (κ3) is 5.39. The fourth-order valence-corrected chi connectivity index (χ4v) is 3.38. The van der Waals surface area contributed by atoms with Gasteiger partial charge in [0.1, 0.15) is 6.54 Å². The van der Waals surface area contributed by atoms with Gasteiger partial charge in [-0.15, -0.1) is 0 Å². The summed E-state index contributed by atoms with van der Waals surface area (Å²) in [7, 11) is -3.73. The SMILES string of the molecule is CS(=O)(=O)N(CC(=O)Nc1ccc(Cl)c(Cl)c1)c1ccc(Cl)c(Cl)c1. The zero-order valence-corrected chi connectivity index (χ0v) is 16.6. The van der Waals surface area contributed by atoms with Crippen LogP contribution in [0, 0.1) is 0 Å². The molecule has 0 aromatic heterocycles. The number of carbonyl (C=O) groups is 1. The van der Waals surface area contributed by atoms with Gasteiger partial charge in [0, 0.05) is 5.69 Å². The van der Waals surface area contributed by atoms with E-state index >= 15 is 0 Å². The molecule has 0 fully saturated rings. The molecule has 134 valence electrons. The molecule has 0 aliphatic carbocycles.